The molecule has 0 aliphatic rings. The van der Waals surface area contributed by atoms with Crippen LogP contribution in [0.4, 0.5) is 0 Å². The summed E-state index contributed by atoms with van der Waals surface area (Å²) >= 11 is 0. The van der Waals surface area contributed by atoms with Gasteiger partial charge in [-0.05, 0) is 18.2 Å². The summed E-state index contributed by atoms with van der Waals surface area (Å²) in [5, 5.41) is 8.30. The van der Waals surface area contributed by atoms with Crippen LogP contribution in [-0.2, 0) is 4.79 Å². The molecule has 1 aromatic rings. The highest BCUT2D eigenvalue weighted by atomic mass is 16.4. The summed E-state index contributed by atoms with van der Waals surface area (Å²) in [5.74, 6) is -0.659. The van der Waals surface area contributed by atoms with Crippen molar-refractivity contribution >= 4 is 17.8 Å². The highest BCUT2D eigenvalue weighted by molar-refractivity contribution is 5.91. The van der Waals surface area contributed by atoms with Crippen molar-refractivity contribution in [3.05, 3.63) is 29.7 Å². The number of carboxylic acids is 1. The molecule has 0 fully saturated rings. The number of carboxylic acid groups (broad SMARTS) is 1. The highest BCUT2D eigenvalue weighted by Crippen LogP contribution is 2.09. The molecule has 1 rings (SSSR count). The first-order valence-electron chi connectivity index (χ1n) is 3.61. The molecule has 0 radical (unpaired) electrons. The second kappa shape index (κ2) is 3.71. The van der Waals surface area contributed by atoms with Gasteiger partial charge in [-0.2, -0.15) is 0 Å². The number of carbonyl (C=O) groups is 2. The normalized spacial score (nSPS) is 10.5. The van der Waals surface area contributed by atoms with Gasteiger partial charge < -0.3 is 9.52 Å². The molecule has 0 aromatic carbocycles. The number of carbonyl (C=O) groups excluding carboxylic acids is 1. The minimum absolute atomic E-state index is 0.185. The summed E-state index contributed by atoms with van der Waals surface area (Å²) in [7, 11) is 0. The minimum Gasteiger partial charge on any atom is -0.478 e. The number of Topliss-reactive ketones (excluding diaryl/α,β-unsaturated/α-hetero) is 1. The van der Waals surface area contributed by atoms with Crippen LogP contribution in [0.25, 0.3) is 6.08 Å². The molecule has 0 unspecified atom stereocenters. The van der Waals surface area contributed by atoms with E-state index in [1.165, 1.54) is 25.1 Å². The molecule has 0 aliphatic heterocycles. The zero-order valence-electron chi connectivity index (χ0n) is 6.98. The van der Waals surface area contributed by atoms with E-state index in [-0.39, 0.29) is 11.5 Å². The van der Waals surface area contributed by atoms with Gasteiger partial charge in [0, 0.05) is 13.0 Å². The summed E-state index contributed by atoms with van der Waals surface area (Å²) < 4.78 is 5.00. The van der Waals surface area contributed by atoms with E-state index in [4.69, 9.17) is 9.52 Å². The highest BCUT2D eigenvalue weighted by Gasteiger charge is 2.03. The molecule has 1 aromatic heterocycles. The van der Waals surface area contributed by atoms with Crippen molar-refractivity contribution in [2.45, 2.75) is 6.92 Å². The van der Waals surface area contributed by atoms with E-state index >= 15 is 0 Å². The second-order valence-electron chi connectivity index (χ2n) is 2.43. The predicted molar refractivity (Wildman–Crippen MR) is 45.4 cm³/mol. The Hall–Kier alpha value is -1.84. The third-order valence-corrected chi connectivity index (χ3v) is 1.36. The van der Waals surface area contributed by atoms with Crippen molar-refractivity contribution in [3.63, 3.8) is 0 Å². The predicted octanol–water partition coefficient (Wildman–Crippen LogP) is 1.58. The number of hydrogen-bond donors (Lipinski definition) is 1. The summed E-state index contributed by atoms with van der Waals surface area (Å²) in [6.45, 7) is 1.38. The van der Waals surface area contributed by atoms with Gasteiger partial charge in [0.25, 0.3) is 0 Å². The Balaban J connectivity index is 2.80. The van der Waals surface area contributed by atoms with Crippen LogP contribution in [0.2, 0.25) is 0 Å². The van der Waals surface area contributed by atoms with E-state index in [2.05, 4.69) is 0 Å². The minimum atomic E-state index is -1.05. The van der Waals surface area contributed by atoms with Crippen LogP contribution in [0.15, 0.2) is 22.6 Å². The maximum absolute atomic E-state index is 10.8. The van der Waals surface area contributed by atoms with Crippen molar-refractivity contribution in [2.24, 2.45) is 0 Å². The summed E-state index contributed by atoms with van der Waals surface area (Å²) in [6, 6.07) is 3.04. The first kappa shape index (κ1) is 9.25. The molecule has 0 spiro atoms. The lowest BCUT2D eigenvalue weighted by Crippen LogP contribution is -1.86. The van der Waals surface area contributed by atoms with Gasteiger partial charge in [0.15, 0.2) is 11.5 Å². The Labute approximate surface area is 74.5 Å². The molecule has 0 saturated carbocycles. The molecule has 0 atom stereocenters. The van der Waals surface area contributed by atoms with Gasteiger partial charge in [-0.15, -0.1) is 0 Å². The van der Waals surface area contributed by atoms with Gasteiger partial charge in [0.1, 0.15) is 5.76 Å². The Morgan fingerprint density at radius 1 is 1.46 bits per heavy atom. The van der Waals surface area contributed by atoms with Crippen molar-refractivity contribution in [2.75, 3.05) is 0 Å². The number of rotatable bonds is 3. The number of ketones is 1. The number of hydrogen-bond acceptors (Lipinski definition) is 3. The zero-order valence-corrected chi connectivity index (χ0v) is 6.98. The second-order valence-corrected chi connectivity index (χ2v) is 2.43. The van der Waals surface area contributed by atoms with E-state index in [1.807, 2.05) is 0 Å². The molecule has 68 valence electrons. The maximum atomic E-state index is 10.8. The van der Waals surface area contributed by atoms with Gasteiger partial charge in [0.2, 0.25) is 0 Å². The molecule has 1 heterocycles. The van der Waals surface area contributed by atoms with E-state index < -0.39 is 5.97 Å². The summed E-state index contributed by atoms with van der Waals surface area (Å²) in [5.41, 5.74) is 0. The topological polar surface area (TPSA) is 67.5 Å². The monoisotopic (exact) mass is 180 g/mol. The fourth-order valence-electron chi connectivity index (χ4n) is 0.785. The van der Waals surface area contributed by atoms with Crippen LogP contribution in [0.3, 0.4) is 0 Å². The van der Waals surface area contributed by atoms with Crippen molar-refractivity contribution in [1.82, 2.24) is 0 Å². The Bertz CT molecular complexity index is 359. The van der Waals surface area contributed by atoms with Crippen LogP contribution >= 0.6 is 0 Å². The average molecular weight is 180 g/mol. The molecule has 0 bridgehead atoms. The van der Waals surface area contributed by atoms with E-state index in [1.54, 1.807) is 0 Å². The lowest BCUT2D eigenvalue weighted by atomic mass is 10.3. The van der Waals surface area contributed by atoms with Crippen molar-refractivity contribution < 1.29 is 19.1 Å². The van der Waals surface area contributed by atoms with E-state index in [9.17, 15) is 9.59 Å². The van der Waals surface area contributed by atoms with Crippen LogP contribution in [0, 0.1) is 0 Å². The molecular weight excluding hydrogens is 172 g/mol. The van der Waals surface area contributed by atoms with Gasteiger partial charge in [-0.1, -0.05) is 0 Å². The molecule has 0 saturated heterocycles. The third-order valence-electron chi connectivity index (χ3n) is 1.36. The lowest BCUT2D eigenvalue weighted by Gasteiger charge is -1.85. The van der Waals surface area contributed by atoms with E-state index in [0.29, 0.717) is 5.76 Å². The smallest absolute Gasteiger partial charge is 0.328 e. The Morgan fingerprint density at radius 2 is 2.15 bits per heavy atom. The summed E-state index contributed by atoms with van der Waals surface area (Å²) in [6.07, 6.45) is 2.23. The Kier molecular flexibility index (Phi) is 2.64. The first-order valence-corrected chi connectivity index (χ1v) is 3.61. The molecule has 0 amide bonds. The molecule has 0 aliphatic carbocycles. The first-order chi connectivity index (χ1) is 6.09. The zero-order chi connectivity index (χ0) is 9.84. The number of furan rings is 1. The standard InChI is InChI=1S/C9H8O4/c1-6(10)8-4-2-7(13-8)3-5-9(11)12/h2-5H,1H3,(H,11,12)/b5-3-. The van der Waals surface area contributed by atoms with E-state index in [0.717, 1.165) is 6.08 Å². The molecular formula is C9H8O4. The van der Waals surface area contributed by atoms with Crippen LogP contribution < -0.4 is 0 Å². The van der Waals surface area contributed by atoms with Crippen molar-refractivity contribution in [3.8, 4) is 0 Å². The Morgan fingerprint density at radius 3 is 2.62 bits per heavy atom. The van der Waals surface area contributed by atoms with Gasteiger partial charge >= 0.3 is 5.97 Å². The number of aliphatic carboxylic acids is 1. The van der Waals surface area contributed by atoms with Gasteiger partial charge in [-0.25, -0.2) is 4.79 Å². The van der Waals surface area contributed by atoms with Crippen LogP contribution in [-0.4, -0.2) is 16.9 Å². The molecule has 4 nitrogen and oxygen atoms in total. The molecule has 13 heavy (non-hydrogen) atoms. The fraction of sp³-hybridized carbons (Fsp3) is 0.111. The summed E-state index contributed by atoms with van der Waals surface area (Å²) in [4.78, 5) is 20.9. The SMILES string of the molecule is CC(=O)c1ccc(/C=C\C(=O)O)o1. The third kappa shape index (κ3) is 2.59. The molecule has 4 heteroatoms. The van der Waals surface area contributed by atoms with Crippen molar-refractivity contribution in [1.29, 1.82) is 0 Å². The van der Waals surface area contributed by atoms with Crippen LogP contribution in [0.1, 0.15) is 23.2 Å². The molecule has 1 N–H and O–H groups in total. The quantitative estimate of drug-likeness (QED) is 0.566. The maximum Gasteiger partial charge on any atom is 0.328 e. The lowest BCUT2D eigenvalue weighted by molar-refractivity contribution is -0.131. The van der Waals surface area contributed by atoms with Gasteiger partial charge in [0.05, 0.1) is 0 Å². The van der Waals surface area contributed by atoms with Crippen LogP contribution in [0.5, 0.6) is 0 Å². The largest absolute Gasteiger partial charge is 0.478 e. The van der Waals surface area contributed by atoms with Gasteiger partial charge in [-0.3, -0.25) is 4.79 Å². The average Bonchev–Trinajstić information content (AvgIpc) is 2.48. The fourth-order valence-corrected chi connectivity index (χ4v) is 0.785.